The second kappa shape index (κ2) is 13.9. The maximum atomic E-state index is 11.3. The maximum absolute atomic E-state index is 11.3. The zero-order valence-electron chi connectivity index (χ0n) is 13.5. The minimum absolute atomic E-state index is 0.118. The molecule has 19 heavy (non-hydrogen) atoms. The SMILES string of the molecule is CCCCCCCCCCCCCNC(=O)C(C)C. The van der Waals surface area contributed by atoms with E-state index in [-0.39, 0.29) is 11.8 Å². The van der Waals surface area contributed by atoms with Crippen LogP contribution < -0.4 is 5.32 Å². The molecule has 0 aromatic heterocycles. The molecular weight excluding hydrogens is 234 g/mol. The molecule has 0 heterocycles. The minimum atomic E-state index is 0.118. The van der Waals surface area contributed by atoms with Crippen molar-refractivity contribution in [1.29, 1.82) is 0 Å². The Balaban J connectivity index is 3.05. The summed E-state index contributed by atoms with van der Waals surface area (Å²) in [5.74, 6) is 0.305. The van der Waals surface area contributed by atoms with Gasteiger partial charge in [0.2, 0.25) is 5.91 Å². The zero-order valence-corrected chi connectivity index (χ0v) is 13.5. The summed E-state index contributed by atoms with van der Waals surface area (Å²) in [5.41, 5.74) is 0. The lowest BCUT2D eigenvalue weighted by atomic mass is 10.1. The number of nitrogens with one attached hydrogen (secondary N) is 1. The molecule has 2 heteroatoms. The molecule has 2 nitrogen and oxygen atoms in total. The van der Waals surface area contributed by atoms with Gasteiger partial charge >= 0.3 is 0 Å². The average Bonchev–Trinajstić information content (AvgIpc) is 2.39. The molecule has 0 aromatic carbocycles. The summed E-state index contributed by atoms with van der Waals surface area (Å²) < 4.78 is 0. The van der Waals surface area contributed by atoms with E-state index in [1.807, 2.05) is 13.8 Å². The third-order valence-electron chi connectivity index (χ3n) is 3.60. The monoisotopic (exact) mass is 269 g/mol. The maximum Gasteiger partial charge on any atom is 0.222 e. The standard InChI is InChI=1S/C17H35NO/c1-4-5-6-7-8-9-10-11-12-13-14-15-18-17(19)16(2)3/h16H,4-15H2,1-3H3,(H,18,19). The van der Waals surface area contributed by atoms with Gasteiger partial charge in [0.25, 0.3) is 0 Å². The Morgan fingerprint density at radius 2 is 1.21 bits per heavy atom. The first-order valence-electron chi connectivity index (χ1n) is 8.46. The van der Waals surface area contributed by atoms with E-state index in [4.69, 9.17) is 0 Å². The molecule has 0 aliphatic rings. The van der Waals surface area contributed by atoms with E-state index < -0.39 is 0 Å². The van der Waals surface area contributed by atoms with Crippen LogP contribution in [0.2, 0.25) is 0 Å². The first-order chi connectivity index (χ1) is 9.18. The fourth-order valence-corrected chi connectivity index (χ4v) is 2.20. The number of carbonyl (C=O) groups excluding carboxylic acids is 1. The highest BCUT2D eigenvalue weighted by Crippen LogP contribution is 2.11. The normalized spacial score (nSPS) is 10.9. The lowest BCUT2D eigenvalue weighted by molar-refractivity contribution is -0.123. The largest absolute Gasteiger partial charge is 0.356 e. The Morgan fingerprint density at radius 1 is 0.789 bits per heavy atom. The second-order valence-corrected chi connectivity index (χ2v) is 5.98. The predicted molar refractivity (Wildman–Crippen MR) is 84.3 cm³/mol. The molecule has 114 valence electrons. The molecule has 0 aliphatic carbocycles. The van der Waals surface area contributed by atoms with Gasteiger partial charge < -0.3 is 5.32 Å². The average molecular weight is 269 g/mol. The smallest absolute Gasteiger partial charge is 0.222 e. The van der Waals surface area contributed by atoms with Crippen molar-refractivity contribution in [3.05, 3.63) is 0 Å². The first-order valence-corrected chi connectivity index (χ1v) is 8.46. The number of unbranched alkanes of at least 4 members (excludes halogenated alkanes) is 10. The Morgan fingerprint density at radius 3 is 1.63 bits per heavy atom. The van der Waals surface area contributed by atoms with Gasteiger partial charge in [-0.1, -0.05) is 85.0 Å². The molecule has 0 rings (SSSR count). The van der Waals surface area contributed by atoms with Crippen LogP contribution in [0.3, 0.4) is 0 Å². The molecule has 1 amide bonds. The third kappa shape index (κ3) is 13.7. The van der Waals surface area contributed by atoms with Gasteiger partial charge in [-0.15, -0.1) is 0 Å². The van der Waals surface area contributed by atoms with Gasteiger partial charge in [-0.25, -0.2) is 0 Å². The van der Waals surface area contributed by atoms with Gasteiger partial charge in [0.15, 0.2) is 0 Å². The minimum Gasteiger partial charge on any atom is -0.356 e. The van der Waals surface area contributed by atoms with Crippen LogP contribution in [-0.4, -0.2) is 12.5 Å². The van der Waals surface area contributed by atoms with E-state index in [2.05, 4.69) is 12.2 Å². The van der Waals surface area contributed by atoms with Gasteiger partial charge in [0, 0.05) is 12.5 Å². The highest BCUT2D eigenvalue weighted by molar-refractivity contribution is 5.77. The summed E-state index contributed by atoms with van der Waals surface area (Å²) in [6.07, 6.45) is 14.9. The van der Waals surface area contributed by atoms with Crippen LogP contribution in [0.15, 0.2) is 0 Å². The number of hydrogen-bond acceptors (Lipinski definition) is 1. The predicted octanol–water partition coefficient (Wildman–Crippen LogP) is 5.07. The van der Waals surface area contributed by atoms with Gasteiger partial charge in [0.05, 0.1) is 0 Å². The van der Waals surface area contributed by atoms with Crippen LogP contribution in [0.25, 0.3) is 0 Å². The topological polar surface area (TPSA) is 29.1 Å². The lowest BCUT2D eigenvalue weighted by Gasteiger charge is -2.07. The highest BCUT2D eigenvalue weighted by Gasteiger charge is 2.04. The van der Waals surface area contributed by atoms with Crippen molar-refractivity contribution in [1.82, 2.24) is 5.32 Å². The molecule has 0 unspecified atom stereocenters. The van der Waals surface area contributed by atoms with E-state index >= 15 is 0 Å². The van der Waals surface area contributed by atoms with Crippen molar-refractivity contribution in [3.8, 4) is 0 Å². The fourth-order valence-electron chi connectivity index (χ4n) is 2.20. The molecule has 0 spiro atoms. The van der Waals surface area contributed by atoms with Crippen LogP contribution in [0, 0.1) is 5.92 Å². The molecular formula is C17H35NO. The molecule has 0 bridgehead atoms. The van der Waals surface area contributed by atoms with Gasteiger partial charge in [0.1, 0.15) is 0 Å². The van der Waals surface area contributed by atoms with E-state index in [1.54, 1.807) is 0 Å². The fraction of sp³-hybridized carbons (Fsp3) is 0.941. The van der Waals surface area contributed by atoms with E-state index in [1.165, 1.54) is 64.2 Å². The van der Waals surface area contributed by atoms with Crippen LogP contribution >= 0.6 is 0 Å². The Labute approximate surface area is 120 Å². The highest BCUT2D eigenvalue weighted by atomic mass is 16.1. The van der Waals surface area contributed by atoms with Crippen molar-refractivity contribution in [2.45, 2.75) is 91.4 Å². The van der Waals surface area contributed by atoms with Gasteiger partial charge in [-0.3, -0.25) is 4.79 Å². The molecule has 0 atom stereocenters. The van der Waals surface area contributed by atoms with Crippen molar-refractivity contribution in [3.63, 3.8) is 0 Å². The first kappa shape index (κ1) is 18.5. The van der Waals surface area contributed by atoms with E-state index in [0.717, 1.165) is 13.0 Å². The molecule has 0 aliphatic heterocycles. The summed E-state index contributed by atoms with van der Waals surface area (Å²) in [6.45, 7) is 7.00. The number of carbonyl (C=O) groups is 1. The molecule has 1 N–H and O–H groups in total. The molecule has 0 saturated carbocycles. The molecule has 0 aromatic rings. The Hall–Kier alpha value is -0.530. The second-order valence-electron chi connectivity index (χ2n) is 5.98. The van der Waals surface area contributed by atoms with E-state index in [9.17, 15) is 4.79 Å². The summed E-state index contributed by atoms with van der Waals surface area (Å²) in [4.78, 5) is 11.3. The van der Waals surface area contributed by atoms with E-state index in [0.29, 0.717) is 0 Å². The van der Waals surface area contributed by atoms with Gasteiger partial charge in [-0.2, -0.15) is 0 Å². The molecule has 0 radical (unpaired) electrons. The van der Waals surface area contributed by atoms with Crippen molar-refractivity contribution >= 4 is 5.91 Å². The number of amides is 1. The summed E-state index contributed by atoms with van der Waals surface area (Å²) in [7, 11) is 0. The Bertz CT molecular complexity index is 201. The van der Waals surface area contributed by atoms with Crippen molar-refractivity contribution in [2.75, 3.05) is 6.54 Å². The van der Waals surface area contributed by atoms with Crippen LogP contribution in [0.4, 0.5) is 0 Å². The van der Waals surface area contributed by atoms with Crippen molar-refractivity contribution in [2.24, 2.45) is 5.92 Å². The van der Waals surface area contributed by atoms with Crippen LogP contribution in [0.1, 0.15) is 91.4 Å². The molecule has 0 saturated heterocycles. The Kier molecular flexibility index (Phi) is 13.5. The van der Waals surface area contributed by atoms with Crippen LogP contribution in [-0.2, 0) is 4.79 Å². The number of rotatable bonds is 13. The summed E-state index contributed by atoms with van der Waals surface area (Å²) in [6, 6.07) is 0. The quantitative estimate of drug-likeness (QED) is 0.465. The lowest BCUT2D eigenvalue weighted by Crippen LogP contribution is -2.28. The zero-order chi connectivity index (χ0) is 14.3. The van der Waals surface area contributed by atoms with Crippen LogP contribution in [0.5, 0.6) is 0 Å². The number of hydrogen-bond donors (Lipinski definition) is 1. The summed E-state index contributed by atoms with van der Waals surface area (Å²) in [5, 5.41) is 2.97. The van der Waals surface area contributed by atoms with Gasteiger partial charge in [-0.05, 0) is 6.42 Å². The third-order valence-corrected chi connectivity index (χ3v) is 3.60. The molecule has 0 fully saturated rings. The van der Waals surface area contributed by atoms with Crippen molar-refractivity contribution < 1.29 is 4.79 Å². The summed E-state index contributed by atoms with van der Waals surface area (Å²) >= 11 is 0.